The molecule has 2 atom stereocenters. The van der Waals surface area contributed by atoms with E-state index in [1.165, 1.54) is 13.2 Å². The molecule has 1 aliphatic heterocycles. The smallest absolute Gasteiger partial charge is 0.387 e. The SMILES string of the molecule is COc1cc(-c2ccc3nc4c(n3n2)[C@@H](c2ccccc2OC(F)F)NC[C@H]4O)ccc1OCC(C)(C)O. The molecule has 0 amide bonds. The quantitative estimate of drug-likeness (QED) is 0.317. The van der Waals surface area contributed by atoms with Gasteiger partial charge in [0.05, 0.1) is 35.8 Å². The summed E-state index contributed by atoms with van der Waals surface area (Å²) in [6.07, 6.45) is -0.901. The van der Waals surface area contributed by atoms with Crippen LogP contribution < -0.4 is 19.5 Å². The lowest BCUT2D eigenvalue weighted by Gasteiger charge is -2.28. The van der Waals surface area contributed by atoms with Crippen LogP contribution in [0.15, 0.2) is 54.6 Å². The summed E-state index contributed by atoms with van der Waals surface area (Å²) in [7, 11) is 1.52. The highest BCUT2D eigenvalue weighted by Crippen LogP contribution is 2.38. The molecule has 9 nitrogen and oxygen atoms in total. The van der Waals surface area contributed by atoms with Crippen LogP contribution in [0.1, 0.15) is 42.9 Å². The van der Waals surface area contributed by atoms with Gasteiger partial charge in [-0.1, -0.05) is 18.2 Å². The van der Waals surface area contributed by atoms with Gasteiger partial charge in [-0.25, -0.2) is 9.50 Å². The Balaban J connectivity index is 1.58. The first-order valence-corrected chi connectivity index (χ1v) is 12.0. The van der Waals surface area contributed by atoms with E-state index in [4.69, 9.17) is 19.3 Å². The molecule has 38 heavy (non-hydrogen) atoms. The van der Waals surface area contributed by atoms with E-state index in [-0.39, 0.29) is 18.9 Å². The minimum atomic E-state index is -2.98. The summed E-state index contributed by atoms with van der Waals surface area (Å²) in [4.78, 5) is 4.58. The van der Waals surface area contributed by atoms with Crippen LogP contribution in [0.2, 0.25) is 0 Å². The molecule has 0 saturated heterocycles. The molecule has 4 aromatic rings. The van der Waals surface area contributed by atoms with Crippen molar-refractivity contribution in [3.8, 4) is 28.5 Å². The molecule has 3 N–H and O–H groups in total. The normalized spacial score (nSPS) is 17.5. The van der Waals surface area contributed by atoms with E-state index in [0.717, 1.165) is 5.56 Å². The number of aliphatic hydroxyl groups excluding tert-OH is 1. The number of imidazole rings is 1. The van der Waals surface area contributed by atoms with Crippen molar-refractivity contribution < 1.29 is 33.2 Å². The van der Waals surface area contributed by atoms with Crippen LogP contribution in [-0.2, 0) is 0 Å². The van der Waals surface area contributed by atoms with Gasteiger partial charge >= 0.3 is 6.61 Å². The zero-order chi connectivity index (χ0) is 27.0. The molecule has 2 aromatic heterocycles. The molecule has 3 heterocycles. The molecule has 0 aliphatic carbocycles. The summed E-state index contributed by atoms with van der Waals surface area (Å²) < 4.78 is 43.8. The second-order valence-electron chi connectivity index (χ2n) is 9.61. The first-order chi connectivity index (χ1) is 18.1. The number of para-hydroxylation sites is 1. The Labute approximate surface area is 217 Å². The Morgan fingerprint density at radius 1 is 1.11 bits per heavy atom. The monoisotopic (exact) mass is 526 g/mol. The molecule has 0 radical (unpaired) electrons. The largest absolute Gasteiger partial charge is 0.493 e. The third-order valence-corrected chi connectivity index (χ3v) is 6.13. The second kappa shape index (κ2) is 10.2. The fourth-order valence-corrected chi connectivity index (χ4v) is 4.44. The van der Waals surface area contributed by atoms with E-state index in [2.05, 4.69) is 10.3 Å². The average molecular weight is 527 g/mol. The molecular weight excluding hydrogens is 498 g/mol. The minimum absolute atomic E-state index is 0.0276. The molecule has 11 heteroatoms. The lowest BCUT2D eigenvalue weighted by molar-refractivity contribution is -0.0507. The van der Waals surface area contributed by atoms with Crippen LogP contribution in [0.4, 0.5) is 8.78 Å². The highest BCUT2D eigenvalue weighted by Gasteiger charge is 2.34. The molecule has 0 bridgehead atoms. The van der Waals surface area contributed by atoms with Gasteiger partial charge in [0, 0.05) is 17.7 Å². The maximum Gasteiger partial charge on any atom is 0.387 e. The van der Waals surface area contributed by atoms with E-state index >= 15 is 0 Å². The summed E-state index contributed by atoms with van der Waals surface area (Å²) in [5.74, 6) is 0.969. The Morgan fingerprint density at radius 2 is 1.89 bits per heavy atom. The van der Waals surface area contributed by atoms with Gasteiger partial charge in [0.1, 0.15) is 18.5 Å². The standard InChI is InChI=1S/C27H28F2N4O5/c1-27(2,35)14-37-20-10-8-15(12-21(20)36-3)17-9-11-22-31-24-18(34)13-30-23(25(24)33(22)32-17)16-6-4-5-7-19(16)38-26(28)29/h4-12,18,23,26,30,34-35H,13-14H2,1-3H3/t18-,23-/m1/s1. The lowest BCUT2D eigenvalue weighted by Crippen LogP contribution is -2.35. The number of rotatable bonds is 8. The maximum atomic E-state index is 13.1. The van der Waals surface area contributed by atoms with Crippen molar-refractivity contribution in [3.05, 3.63) is 71.5 Å². The zero-order valence-electron chi connectivity index (χ0n) is 21.1. The molecule has 5 rings (SSSR count). The lowest BCUT2D eigenvalue weighted by atomic mass is 9.96. The predicted molar refractivity (Wildman–Crippen MR) is 135 cm³/mol. The van der Waals surface area contributed by atoms with Crippen LogP contribution in [0.3, 0.4) is 0 Å². The number of nitrogens with zero attached hydrogens (tertiary/aromatic N) is 3. The van der Waals surface area contributed by atoms with Gasteiger partial charge in [-0.15, -0.1) is 0 Å². The number of β-amino-alcohol motifs (C(OH)–C–C–N with tert-alkyl or cyclic N) is 1. The van der Waals surface area contributed by atoms with Crippen LogP contribution in [0.5, 0.6) is 17.2 Å². The number of benzene rings is 2. The molecule has 200 valence electrons. The average Bonchev–Trinajstić information content (AvgIpc) is 3.27. The first kappa shape index (κ1) is 25.8. The highest BCUT2D eigenvalue weighted by atomic mass is 19.3. The Bertz CT molecular complexity index is 1450. The van der Waals surface area contributed by atoms with Gasteiger partial charge in [0.25, 0.3) is 0 Å². The molecule has 1 aliphatic rings. The molecule has 0 fully saturated rings. The number of fused-ring (bicyclic) bond motifs is 3. The van der Waals surface area contributed by atoms with Crippen molar-refractivity contribution in [2.45, 2.75) is 38.2 Å². The number of hydrogen-bond donors (Lipinski definition) is 3. The number of nitrogens with one attached hydrogen (secondary N) is 1. The summed E-state index contributed by atoms with van der Waals surface area (Å²) in [5, 5.41) is 28.7. The van der Waals surface area contributed by atoms with Gasteiger partial charge in [-0.3, -0.25) is 0 Å². The van der Waals surface area contributed by atoms with Crippen LogP contribution >= 0.6 is 0 Å². The van der Waals surface area contributed by atoms with E-state index in [1.807, 2.05) is 6.07 Å². The summed E-state index contributed by atoms with van der Waals surface area (Å²) >= 11 is 0. The Kier molecular flexibility index (Phi) is 6.91. The number of alkyl halides is 2. The van der Waals surface area contributed by atoms with Gasteiger partial charge in [-0.05, 0) is 50.2 Å². The summed E-state index contributed by atoms with van der Waals surface area (Å²) in [6.45, 7) is 0.579. The minimum Gasteiger partial charge on any atom is -0.493 e. The van der Waals surface area contributed by atoms with E-state index in [1.54, 1.807) is 60.8 Å². The zero-order valence-corrected chi connectivity index (χ0v) is 21.1. The van der Waals surface area contributed by atoms with Crippen molar-refractivity contribution >= 4 is 5.65 Å². The van der Waals surface area contributed by atoms with Crippen molar-refractivity contribution in [2.24, 2.45) is 0 Å². The second-order valence-corrected chi connectivity index (χ2v) is 9.61. The molecule has 0 spiro atoms. The third kappa shape index (κ3) is 5.13. The topological polar surface area (TPSA) is 110 Å². The maximum absolute atomic E-state index is 13.1. The predicted octanol–water partition coefficient (Wildman–Crippen LogP) is 3.88. The van der Waals surface area contributed by atoms with E-state index in [0.29, 0.717) is 39.8 Å². The fourth-order valence-electron chi connectivity index (χ4n) is 4.44. The molecule has 2 aromatic carbocycles. The Morgan fingerprint density at radius 3 is 2.63 bits per heavy atom. The van der Waals surface area contributed by atoms with E-state index in [9.17, 15) is 19.0 Å². The first-order valence-electron chi connectivity index (χ1n) is 12.0. The number of aromatic nitrogens is 3. The van der Waals surface area contributed by atoms with Crippen molar-refractivity contribution in [1.29, 1.82) is 0 Å². The highest BCUT2D eigenvalue weighted by molar-refractivity contribution is 5.65. The number of methoxy groups -OCH3 is 1. The Hall–Kier alpha value is -3.80. The van der Waals surface area contributed by atoms with Gasteiger partial charge in [0.15, 0.2) is 17.1 Å². The number of hydrogen-bond acceptors (Lipinski definition) is 8. The summed E-state index contributed by atoms with van der Waals surface area (Å²) in [5.41, 5.74) is 2.22. The number of ether oxygens (including phenoxy) is 3. The summed E-state index contributed by atoms with van der Waals surface area (Å²) in [6, 6.07) is 14.8. The molecular formula is C27H28F2N4O5. The van der Waals surface area contributed by atoms with Crippen molar-refractivity contribution in [2.75, 3.05) is 20.3 Å². The molecule has 0 unspecified atom stereocenters. The number of aliphatic hydroxyl groups is 2. The molecule has 0 saturated carbocycles. The van der Waals surface area contributed by atoms with Crippen molar-refractivity contribution in [3.63, 3.8) is 0 Å². The third-order valence-electron chi connectivity index (χ3n) is 6.13. The van der Waals surface area contributed by atoms with E-state index < -0.39 is 24.4 Å². The van der Waals surface area contributed by atoms with Gasteiger partial charge in [0.2, 0.25) is 0 Å². The van der Waals surface area contributed by atoms with Crippen LogP contribution in [-0.4, -0.2) is 57.3 Å². The number of halogens is 2. The van der Waals surface area contributed by atoms with Gasteiger partial charge < -0.3 is 29.7 Å². The van der Waals surface area contributed by atoms with Gasteiger partial charge in [-0.2, -0.15) is 13.9 Å². The van der Waals surface area contributed by atoms with Crippen molar-refractivity contribution in [1.82, 2.24) is 19.9 Å². The fraction of sp³-hybridized carbons (Fsp3) is 0.333. The van der Waals surface area contributed by atoms with Crippen LogP contribution in [0, 0.1) is 0 Å². The van der Waals surface area contributed by atoms with Crippen LogP contribution in [0.25, 0.3) is 16.9 Å².